The molecular weight excluding hydrogens is 728 g/mol. The van der Waals surface area contributed by atoms with Crippen LogP contribution in [-0.4, -0.2) is 143 Å². The van der Waals surface area contributed by atoms with Crippen LogP contribution >= 0.6 is 0 Å². The molecule has 7 fully saturated rings. The van der Waals surface area contributed by atoms with Gasteiger partial charge in [-0.2, -0.15) is 0 Å². The van der Waals surface area contributed by atoms with E-state index < -0.39 is 61.3 Å². The van der Waals surface area contributed by atoms with Crippen molar-refractivity contribution in [3.8, 4) is 0 Å². The van der Waals surface area contributed by atoms with E-state index in [0.29, 0.717) is 51.2 Å². The number of methoxy groups -OCH3 is 3. The fraction of sp³-hybridized carbons (Fsp3) is 0.905. The number of allylic oxidation sites excluding steroid dienone is 2. The highest BCUT2D eigenvalue weighted by atomic mass is 16.8. The smallest absolute Gasteiger partial charge is 0.173 e. The molecule has 14 heteroatoms. The number of aliphatic hydroxyl groups is 2. The molecule has 56 heavy (non-hydrogen) atoms. The molecule has 1 saturated carbocycles. The molecule has 0 radical (unpaired) electrons. The van der Waals surface area contributed by atoms with Crippen molar-refractivity contribution in [2.75, 3.05) is 34.5 Å². The van der Waals surface area contributed by atoms with E-state index in [1.807, 2.05) is 20.8 Å². The highest BCUT2D eigenvalue weighted by molar-refractivity contribution is 5.40. The maximum atomic E-state index is 11.7. The molecule has 1 spiro atoms. The molecule has 6 heterocycles. The Morgan fingerprint density at radius 3 is 2.00 bits per heavy atom. The first-order valence-electron chi connectivity index (χ1n) is 21.1. The quantitative estimate of drug-likeness (QED) is 0.325. The Morgan fingerprint density at radius 1 is 0.750 bits per heavy atom. The molecule has 0 aromatic rings. The molecule has 20 unspecified atom stereocenters. The Hall–Kier alpha value is -1.24. The topological polar surface area (TPSA) is 151 Å². The second kappa shape index (κ2) is 15.0. The van der Waals surface area contributed by atoms with Crippen LogP contribution in [0.25, 0.3) is 0 Å². The molecule has 20 atom stereocenters. The lowest BCUT2D eigenvalue weighted by atomic mass is 9.52. The predicted octanol–water partition coefficient (Wildman–Crippen LogP) is 3.89. The molecule has 6 saturated heterocycles. The van der Waals surface area contributed by atoms with E-state index in [2.05, 4.69) is 19.9 Å². The van der Waals surface area contributed by atoms with Gasteiger partial charge in [-0.25, -0.2) is 0 Å². The van der Waals surface area contributed by atoms with E-state index in [1.54, 1.807) is 21.3 Å². The summed E-state index contributed by atoms with van der Waals surface area (Å²) in [5.41, 5.74) is 2.50. The van der Waals surface area contributed by atoms with Crippen LogP contribution in [0.1, 0.15) is 86.0 Å². The third-order valence-corrected chi connectivity index (χ3v) is 15.3. The minimum Gasteiger partial charge on any atom is -0.491 e. The van der Waals surface area contributed by atoms with Gasteiger partial charge in [0.1, 0.15) is 30.2 Å². The molecule has 316 valence electrons. The highest BCUT2D eigenvalue weighted by Crippen LogP contribution is 2.69. The van der Waals surface area contributed by atoms with Crippen molar-refractivity contribution in [1.29, 1.82) is 0 Å². The summed E-state index contributed by atoms with van der Waals surface area (Å²) < 4.78 is 75.0. The van der Waals surface area contributed by atoms with Crippen LogP contribution in [0.4, 0.5) is 0 Å². The lowest BCUT2D eigenvalue weighted by Gasteiger charge is -2.53. The Kier molecular flexibility index (Phi) is 10.8. The van der Waals surface area contributed by atoms with Crippen molar-refractivity contribution in [2.24, 2.45) is 22.7 Å². The van der Waals surface area contributed by atoms with Crippen LogP contribution in [-0.2, 0) is 56.8 Å². The van der Waals surface area contributed by atoms with Crippen molar-refractivity contribution in [3.05, 3.63) is 23.0 Å². The van der Waals surface area contributed by atoms with Gasteiger partial charge in [0, 0.05) is 40.6 Å². The van der Waals surface area contributed by atoms with Gasteiger partial charge >= 0.3 is 0 Å². The van der Waals surface area contributed by atoms with Gasteiger partial charge in [-0.05, 0) is 76.7 Å². The standard InChI is InChI=1S/C42H64O14/c1-20-35(44)28(45-6)14-33(50-20)55-37-22(3)52-34(16-30(37)47-8)56-36-21(2)51-32(15-29(36)46-7)53-27-13-23-9-10-24-25(40(23,4)17-26(27)43)11-12-42-19-49-41(5)38(42)31(18-48-41)54-39(24)42/h9,20-22,25-38,43-44H,10-19H2,1-8H3. The molecule has 0 aromatic heterocycles. The average molecular weight is 793 g/mol. The van der Waals surface area contributed by atoms with Gasteiger partial charge < -0.3 is 67.1 Å². The molecule has 0 aromatic carbocycles. The lowest BCUT2D eigenvalue weighted by Crippen LogP contribution is -2.57. The van der Waals surface area contributed by atoms with E-state index in [-0.39, 0.29) is 53.4 Å². The van der Waals surface area contributed by atoms with Crippen LogP contribution < -0.4 is 0 Å². The minimum atomic E-state index is -0.724. The molecule has 2 N–H and O–H groups in total. The van der Waals surface area contributed by atoms with Gasteiger partial charge in [-0.1, -0.05) is 18.6 Å². The number of hydrogen-bond acceptors (Lipinski definition) is 14. The van der Waals surface area contributed by atoms with E-state index in [4.69, 9.17) is 56.8 Å². The second-order valence-electron chi connectivity index (χ2n) is 18.4. The molecule has 9 rings (SSSR count). The summed E-state index contributed by atoms with van der Waals surface area (Å²) in [5.74, 6) is 1.17. The van der Waals surface area contributed by atoms with E-state index in [1.165, 1.54) is 11.1 Å². The number of fused-ring (bicyclic) bond motifs is 3. The van der Waals surface area contributed by atoms with Crippen molar-refractivity contribution < 1.29 is 67.1 Å². The van der Waals surface area contributed by atoms with Gasteiger partial charge in [0.2, 0.25) is 0 Å². The van der Waals surface area contributed by atoms with Crippen LogP contribution in [0.3, 0.4) is 0 Å². The lowest BCUT2D eigenvalue weighted by molar-refractivity contribution is -0.339. The van der Waals surface area contributed by atoms with Gasteiger partial charge in [-0.3, -0.25) is 0 Å². The van der Waals surface area contributed by atoms with Crippen LogP contribution in [0, 0.1) is 22.7 Å². The summed E-state index contributed by atoms with van der Waals surface area (Å²) in [6.07, 6.45) is 1.37. The average Bonchev–Trinajstić information content (AvgIpc) is 3.80. The number of hydrogen-bond donors (Lipinski definition) is 2. The number of rotatable bonds is 9. The van der Waals surface area contributed by atoms with Crippen molar-refractivity contribution in [3.63, 3.8) is 0 Å². The van der Waals surface area contributed by atoms with Crippen LogP contribution in [0.5, 0.6) is 0 Å². The first-order valence-corrected chi connectivity index (χ1v) is 21.1. The van der Waals surface area contributed by atoms with Gasteiger partial charge in [-0.15, -0.1) is 0 Å². The summed E-state index contributed by atoms with van der Waals surface area (Å²) in [6.45, 7) is 11.4. The maximum Gasteiger partial charge on any atom is 0.173 e. The fourth-order valence-electron chi connectivity index (χ4n) is 12.4. The molecule has 0 amide bonds. The van der Waals surface area contributed by atoms with Crippen molar-refractivity contribution in [1.82, 2.24) is 0 Å². The highest BCUT2D eigenvalue weighted by Gasteiger charge is 2.72. The zero-order chi connectivity index (χ0) is 39.3. The zero-order valence-electron chi connectivity index (χ0n) is 34.3. The van der Waals surface area contributed by atoms with Gasteiger partial charge in [0.15, 0.2) is 24.7 Å². The van der Waals surface area contributed by atoms with Crippen molar-refractivity contribution in [2.45, 2.75) is 184 Å². The second-order valence-corrected chi connectivity index (χ2v) is 18.4. The van der Waals surface area contributed by atoms with Gasteiger partial charge in [0.05, 0.1) is 73.4 Å². The normalized spacial score (nSPS) is 53.8. The molecule has 6 aliphatic heterocycles. The molecule has 0 bridgehead atoms. The summed E-state index contributed by atoms with van der Waals surface area (Å²) in [6, 6.07) is 0. The summed E-state index contributed by atoms with van der Waals surface area (Å²) in [4.78, 5) is 0. The Balaban J connectivity index is 0.821. The largest absolute Gasteiger partial charge is 0.491 e. The monoisotopic (exact) mass is 792 g/mol. The summed E-state index contributed by atoms with van der Waals surface area (Å²) in [7, 11) is 4.92. The Labute approximate surface area is 330 Å². The van der Waals surface area contributed by atoms with Gasteiger partial charge in [0.25, 0.3) is 0 Å². The SMILES string of the molecule is COC1CC(OC2C(C)OC(OC3C(C)OC(OC4CC5=CCC6=C7OC8COC9(C)OCC7(CCC6C5(C)CC4O)C89)CC3OC)CC2OC)OC(C)C1O. The summed E-state index contributed by atoms with van der Waals surface area (Å²) in [5, 5.41) is 22.1. The molecule has 14 nitrogen and oxygen atoms in total. The Bertz CT molecular complexity index is 1520. The predicted molar refractivity (Wildman–Crippen MR) is 197 cm³/mol. The van der Waals surface area contributed by atoms with Crippen LogP contribution in [0.15, 0.2) is 23.0 Å². The molecule has 3 aliphatic carbocycles. The third kappa shape index (κ3) is 6.47. The first kappa shape index (κ1) is 40.2. The molecular formula is C42H64O14. The van der Waals surface area contributed by atoms with E-state index in [9.17, 15) is 10.2 Å². The van der Waals surface area contributed by atoms with E-state index in [0.717, 1.165) is 25.0 Å². The van der Waals surface area contributed by atoms with E-state index >= 15 is 0 Å². The third-order valence-electron chi connectivity index (χ3n) is 15.3. The number of ether oxygens (including phenoxy) is 12. The summed E-state index contributed by atoms with van der Waals surface area (Å²) >= 11 is 0. The minimum absolute atomic E-state index is 0.0522. The zero-order valence-corrected chi connectivity index (χ0v) is 34.3. The maximum absolute atomic E-state index is 11.7. The Morgan fingerprint density at radius 2 is 1.36 bits per heavy atom. The van der Waals surface area contributed by atoms with Crippen LogP contribution in [0.2, 0.25) is 0 Å². The fourth-order valence-corrected chi connectivity index (χ4v) is 12.4. The first-order chi connectivity index (χ1) is 26.8. The van der Waals surface area contributed by atoms with Crippen molar-refractivity contribution >= 4 is 0 Å². The number of aliphatic hydroxyl groups excluding tert-OH is 2. The molecule has 9 aliphatic rings.